The van der Waals surface area contributed by atoms with E-state index in [1.165, 1.54) is 0 Å². The number of Topliss-reactive ketones (excluding diaryl/α,β-unsaturated/α-hetero) is 1. The van der Waals surface area contributed by atoms with E-state index < -0.39 is 0 Å². The lowest BCUT2D eigenvalue weighted by atomic mass is 9.76. The maximum Gasteiger partial charge on any atom is 0.162 e. The number of methoxy groups -OCH3 is 1. The molecule has 2 heteroatoms. The van der Waals surface area contributed by atoms with Crippen LogP contribution in [-0.4, -0.2) is 19.0 Å². The van der Waals surface area contributed by atoms with Gasteiger partial charge in [0.25, 0.3) is 0 Å². The molecule has 0 heterocycles. The molecule has 0 N–H and O–H groups in total. The van der Waals surface area contributed by atoms with Crippen molar-refractivity contribution in [2.45, 2.75) is 39.2 Å². The summed E-state index contributed by atoms with van der Waals surface area (Å²) in [5.41, 5.74) is 0.201. The predicted molar refractivity (Wildman–Crippen MR) is 43.4 cm³/mol. The van der Waals surface area contributed by atoms with Crippen LogP contribution in [-0.2, 0) is 9.53 Å². The summed E-state index contributed by atoms with van der Waals surface area (Å²) in [4.78, 5) is 11.3. The van der Waals surface area contributed by atoms with E-state index in [9.17, 15) is 4.79 Å². The summed E-state index contributed by atoms with van der Waals surface area (Å²) < 4.78 is 5.05. The highest BCUT2D eigenvalue weighted by Gasteiger charge is 2.32. The summed E-state index contributed by atoms with van der Waals surface area (Å²) in [6, 6.07) is 0. The van der Waals surface area contributed by atoms with Crippen LogP contribution in [0.5, 0.6) is 0 Å². The van der Waals surface area contributed by atoms with Gasteiger partial charge in [0.05, 0.1) is 0 Å². The van der Waals surface area contributed by atoms with Gasteiger partial charge in [0.2, 0.25) is 0 Å². The van der Waals surface area contributed by atoms with Gasteiger partial charge < -0.3 is 4.74 Å². The normalized spacial score (nSPS) is 30.5. The summed E-state index contributed by atoms with van der Waals surface area (Å²) in [7, 11) is 1.61. The van der Waals surface area contributed by atoms with Gasteiger partial charge in [-0.05, 0) is 18.3 Å². The fraction of sp³-hybridized carbons (Fsp3) is 0.889. The lowest BCUT2D eigenvalue weighted by molar-refractivity contribution is -0.134. The fourth-order valence-corrected chi connectivity index (χ4v) is 1.61. The molecule has 0 spiro atoms. The summed E-state index contributed by atoms with van der Waals surface area (Å²) in [5.74, 6) is 0.267. The topological polar surface area (TPSA) is 26.3 Å². The standard InChI is InChI=1S/C9H16O2/c1-9(2)5-4-8(11-3)7(10)6-9/h8H,4-6H2,1-3H3/t8-/m1/s1. The molecule has 0 saturated heterocycles. The largest absolute Gasteiger partial charge is 0.374 e. The van der Waals surface area contributed by atoms with E-state index >= 15 is 0 Å². The predicted octanol–water partition coefficient (Wildman–Crippen LogP) is 1.78. The number of carbonyl (C=O) groups is 1. The first kappa shape index (κ1) is 8.72. The fourth-order valence-electron chi connectivity index (χ4n) is 1.61. The van der Waals surface area contributed by atoms with E-state index in [2.05, 4.69) is 13.8 Å². The average molecular weight is 156 g/mol. The van der Waals surface area contributed by atoms with E-state index in [0.29, 0.717) is 6.42 Å². The molecule has 0 unspecified atom stereocenters. The second-order valence-corrected chi connectivity index (χ2v) is 4.07. The van der Waals surface area contributed by atoms with Gasteiger partial charge in [0.1, 0.15) is 6.10 Å². The molecule has 1 saturated carbocycles. The first-order valence-corrected chi connectivity index (χ1v) is 4.11. The molecule has 0 aromatic heterocycles. The minimum absolute atomic E-state index is 0.122. The number of ketones is 1. The van der Waals surface area contributed by atoms with Crippen LogP contribution < -0.4 is 0 Å². The molecule has 64 valence electrons. The highest BCUT2D eigenvalue weighted by molar-refractivity contribution is 5.84. The van der Waals surface area contributed by atoms with Crippen molar-refractivity contribution in [1.82, 2.24) is 0 Å². The Hall–Kier alpha value is -0.370. The molecule has 0 amide bonds. The third-order valence-electron chi connectivity index (χ3n) is 2.38. The van der Waals surface area contributed by atoms with Crippen molar-refractivity contribution in [2.75, 3.05) is 7.11 Å². The van der Waals surface area contributed by atoms with Crippen molar-refractivity contribution < 1.29 is 9.53 Å². The molecule has 0 bridgehead atoms. The summed E-state index contributed by atoms with van der Waals surface area (Å²) in [5, 5.41) is 0. The van der Waals surface area contributed by atoms with Crippen molar-refractivity contribution in [2.24, 2.45) is 5.41 Å². The zero-order chi connectivity index (χ0) is 8.48. The van der Waals surface area contributed by atoms with Crippen molar-refractivity contribution in [3.63, 3.8) is 0 Å². The summed E-state index contributed by atoms with van der Waals surface area (Å²) in [6.45, 7) is 4.27. The van der Waals surface area contributed by atoms with Gasteiger partial charge >= 0.3 is 0 Å². The molecule has 1 rings (SSSR count). The molecule has 0 radical (unpaired) electrons. The molecule has 1 atom stereocenters. The number of ether oxygens (including phenoxy) is 1. The molecule has 1 aliphatic rings. The maximum atomic E-state index is 11.3. The van der Waals surface area contributed by atoms with E-state index in [4.69, 9.17) is 4.74 Å². The minimum Gasteiger partial charge on any atom is -0.374 e. The number of hydrogen-bond donors (Lipinski definition) is 0. The van der Waals surface area contributed by atoms with E-state index in [0.717, 1.165) is 12.8 Å². The Morgan fingerprint density at radius 1 is 1.55 bits per heavy atom. The Morgan fingerprint density at radius 2 is 2.18 bits per heavy atom. The Labute approximate surface area is 67.9 Å². The van der Waals surface area contributed by atoms with Gasteiger partial charge in [-0.2, -0.15) is 0 Å². The van der Waals surface area contributed by atoms with Crippen molar-refractivity contribution in [3.8, 4) is 0 Å². The third kappa shape index (κ3) is 2.03. The van der Waals surface area contributed by atoms with Crippen LogP contribution in [0.15, 0.2) is 0 Å². The van der Waals surface area contributed by atoms with Gasteiger partial charge in [-0.3, -0.25) is 4.79 Å². The highest BCUT2D eigenvalue weighted by atomic mass is 16.5. The van der Waals surface area contributed by atoms with Crippen molar-refractivity contribution in [1.29, 1.82) is 0 Å². The summed E-state index contributed by atoms with van der Waals surface area (Å²) >= 11 is 0. The third-order valence-corrected chi connectivity index (χ3v) is 2.38. The molecule has 0 aromatic rings. The molecule has 0 aromatic carbocycles. The second-order valence-electron chi connectivity index (χ2n) is 4.07. The highest BCUT2D eigenvalue weighted by Crippen LogP contribution is 2.33. The molecule has 2 nitrogen and oxygen atoms in total. The Morgan fingerprint density at radius 3 is 2.64 bits per heavy atom. The molecule has 0 aliphatic heterocycles. The Balaban J connectivity index is 2.55. The van der Waals surface area contributed by atoms with Gasteiger partial charge in [-0.1, -0.05) is 13.8 Å². The molecular weight excluding hydrogens is 140 g/mol. The zero-order valence-corrected chi connectivity index (χ0v) is 7.52. The minimum atomic E-state index is -0.122. The second kappa shape index (κ2) is 2.94. The van der Waals surface area contributed by atoms with Crippen LogP contribution in [0.4, 0.5) is 0 Å². The van der Waals surface area contributed by atoms with Crippen LogP contribution in [0.1, 0.15) is 33.1 Å². The number of carbonyl (C=O) groups excluding carboxylic acids is 1. The smallest absolute Gasteiger partial charge is 0.162 e. The monoisotopic (exact) mass is 156 g/mol. The van der Waals surface area contributed by atoms with Crippen LogP contribution in [0.3, 0.4) is 0 Å². The average Bonchev–Trinajstić information content (AvgIpc) is 1.86. The Bertz CT molecular complexity index is 161. The molecule has 1 aliphatic carbocycles. The zero-order valence-electron chi connectivity index (χ0n) is 7.52. The van der Waals surface area contributed by atoms with Gasteiger partial charge in [-0.15, -0.1) is 0 Å². The van der Waals surface area contributed by atoms with Gasteiger partial charge in [0, 0.05) is 13.5 Å². The van der Waals surface area contributed by atoms with Crippen LogP contribution in [0.25, 0.3) is 0 Å². The molecule has 11 heavy (non-hydrogen) atoms. The van der Waals surface area contributed by atoms with Crippen LogP contribution in [0.2, 0.25) is 0 Å². The van der Waals surface area contributed by atoms with Crippen LogP contribution in [0, 0.1) is 5.41 Å². The number of hydrogen-bond acceptors (Lipinski definition) is 2. The molecule has 1 fully saturated rings. The van der Waals surface area contributed by atoms with Crippen molar-refractivity contribution in [3.05, 3.63) is 0 Å². The van der Waals surface area contributed by atoms with Crippen molar-refractivity contribution >= 4 is 5.78 Å². The maximum absolute atomic E-state index is 11.3. The lowest BCUT2D eigenvalue weighted by Gasteiger charge is -2.32. The van der Waals surface area contributed by atoms with E-state index in [1.54, 1.807) is 7.11 Å². The van der Waals surface area contributed by atoms with Gasteiger partial charge in [0.15, 0.2) is 5.78 Å². The first-order chi connectivity index (χ1) is 5.05. The SMILES string of the molecule is CO[C@@H]1CCC(C)(C)CC1=O. The van der Waals surface area contributed by atoms with Gasteiger partial charge in [-0.25, -0.2) is 0 Å². The Kier molecular flexibility index (Phi) is 2.33. The summed E-state index contributed by atoms with van der Waals surface area (Å²) in [6.07, 6.45) is 2.54. The van der Waals surface area contributed by atoms with Crippen LogP contribution >= 0.6 is 0 Å². The van der Waals surface area contributed by atoms with E-state index in [1.807, 2.05) is 0 Å². The molecular formula is C9H16O2. The first-order valence-electron chi connectivity index (χ1n) is 4.11. The number of rotatable bonds is 1. The lowest BCUT2D eigenvalue weighted by Crippen LogP contribution is -2.34. The van der Waals surface area contributed by atoms with E-state index in [-0.39, 0.29) is 17.3 Å². The quantitative estimate of drug-likeness (QED) is 0.578.